The number of morpholine rings is 1. The number of nitrogens with zero attached hydrogens (tertiary/aromatic N) is 9. The summed E-state index contributed by atoms with van der Waals surface area (Å²) in [6.07, 6.45) is 4.56. The van der Waals surface area contributed by atoms with Gasteiger partial charge in [-0.2, -0.15) is 5.26 Å². The first-order chi connectivity index (χ1) is 18.8. The van der Waals surface area contributed by atoms with Crippen molar-refractivity contribution in [3.8, 4) is 12.0 Å². The Labute approximate surface area is 224 Å². The molecule has 1 aromatic carbocycles. The Morgan fingerprint density at radius 3 is 2.95 bits per heavy atom. The van der Waals surface area contributed by atoms with Crippen molar-refractivity contribution in [2.75, 3.05) is 32.8 Å². The van der Waals surface area contributed by atoms with E-state index in [-0.39, 0.29) is 30.1 Å². The zero-order chi connectivity index (χ0) is 27.3. The number of hydrogen-bond acceptors (Lipinski definition) is 9. The number of carbonyl (C=O) groups is 1. The van der Waals surface area contributed by atoms with Gasteiger partial charge in [0.25, 0.3) is 0 Å². The minimum atomic E-state index is -0.830. The van der Waals surface area contributed by atoms with Crippen LogP contribution in [0.2, 0.25) is 0 Å². The van der Waals surface area contributed by atoms with E-state index >= 15 is 0 Å². The number of fused-ring (bicyclic) bond motifs is 2. The Kier molecular flexibility index (Phi) is 6.33. The summed E-state index contributed by atoms with van der Waals surface area (Å²) in [5.41, 5.74) is 9.23. The Bertz CT molecular complexity index is 1470. The van der Waals surface area contributed by atoms with Crippen molar-refractivity contribution in [3.63, 3.8) is 0 Å². The maximum absolute atomic E-state index is 14.0. The molecule has 2 saturated heterocycles. The van der Waals surface area contributed by atoms with Crippen LogP contribution in [0.3, 0.4) is 0 Å². The maximum atomic E-state index is 14.0. The van der Waals surface area contributed by atoms with Crippen LogP contribution in [0.15, 0.2) is 24.7 Å². The molecule has 13 heteroatoms. The molecule has 1 amide bonds. The van der Waals surface area contributed by atoms with Crippen molar-refractivity contribution >= 4 is 5.91 Å². The maximum Gasteiger partial charge on any atom is 0.425 e. The van der Waals surface area contributed by atoms with Gasteiger partial charge in [0.1, 0.15) is 23.2 Å². The molecule has 0 spiro atoms. The summed E-state index contributed by atoms with van der Waals surface area (Å²) in [5.74, 6) is -0.148. The van der Waals surface area contributed by atoms with Crippen LogP contribution in [0.5, 0.6) is 0 Å². The highest BCUT2D eigenvalue weighted by atomic mass is 19.1. The number of nitriles is 1. The number of amides is 1. The minimum Gasteiger partial charge on any atom is -0.369 e. The smallest absolute Gasteiger partial charge is 0.369 e. The molecule has 0 saturated carbocycles. The van der Waals surface area contributed by atoms with Crippen molar-refractivity contribution in [3.05, 3.63) is 58.4 Å². The van der Waals surface area contributed by atoms with Gasteiger partial charge in [0.05, 0.1) is 43.5 Å². The van der Waals surface area contributed by atoms with Gasteiger partial charge in [-0.15, -0.1) is 0 Å². The van der Waals surface area contributed by atoms with E-state index in [4.69, 9.17) is 15.5 Å². The van der Waals surface area contributed by atoms with Crippen LogP contribution in [0.1, 0.15) is 53.3 Å². The Balaban J connectivity index is 1.18. The van der Waals surface area contributed by atoms with E-state index in [1.54, 1.807) is 13.0 Å². The monoisotopic (exact) mass is 533 g/mol. The molecule has 0 radical (unpaired) electrons. The second kappa shape index (κ2) is 9.71. The molecule has 1 aliphatic carbocycles. The third-order valence-corrected chi connectivity index (χ3v) is 8.24. The molecule has 3 aliphatic rings. The Morgan fingerprint density at radius 2 is 2.21 bits per heavy atom. The number of ether oxygens (including phenoxy) is 1. The molecular formula is C26H30FN10O2+. The molecular weight excluding hydrogens is 503 g/mol. The molecule has 4 heterocycles. The molecule has 12 nitrogen and oxygen atoms in total. The van der Waals surface area contributed by atoms with Gasteiger partial charge >= 0.3 is 5.95 Å². The number of tetrazole rings is 1. The minimum absolute atomic E-state index is 0.0388. The lowest BCUT2D eigenvalue weighted by Gasteiger charge is -2.53. The molecule has 2 fully saturated rings. The summed E-state index contributed by atoms with van der Waals surface area (Å²) in [4.78, 5) is 22.6. The number of benzene rings is 1. The van der Waals surface area contributed by atoms with Crippen LogP contribution >= 0.6 is 0 Å². The Morgan fingerprint density at radius 1 is 1.36 bits per heavy atom. The number of carbonyl (C=O) groups excluding carboxylic acids is 1. The predicted molar refractivity (Wildman–Crippen MR) is 133 cm³/mol. The average molecular weight is 534 g/mol. The highest BCUT2D eigenvalue weighted by Crippen LogP contribution is 2.36. The van der Waals surface area contributed by atoms with Gasteiger partial charge in [-0.05, 0) is 42.7 Å². The summed E-state index contributed by atoms with van der Waals surface area (Å²) >= 11 is 0. The highest BCUT2D eigenvalue weighted by Gasteiger charge is 2.47. The van der Waals surface area contributed by atoms with Crippen molar-refractivity contribution in [1.29, 1.82) is 5.26 Å². The zero-order valence-corrected chi connectivity index (χ0v) is 21.9. The van der Waals surface area contributed by atoms with E-state index in [0.29, 0.717) is 57.1 Å². The van der Waals surface area contributed by atoms with Crippen LogP contribution in [-0.2, 0) is 22.5 Å². The van der Waals surface area contributed by atoms with E-state index in [0.717, 1.165) is 16.8 Å². The van der Waals surface area contributed by atoms with Gasteiger partial charge in [0, 0.05) is 36.8 Å². The summed E-state index contributed by atoms with van der Waals surface area (Å²) in [6, 6.07) is 4.94. The first-order valence-corrected chi connectivity index (χ1v) is 13.1. The van der Waals surface area contributed by atoms with E-state index < -0.39 is 11.5 Å². The number of halogens is 1. The molecule has 0 bridgehead atoms. The summed E-state index contributed by atoms with van der Waals surface area (Å²) in [7, 11) is 0. The fourth-order valence-electron chi connectivity index (χ4n) is 6.06. The summed E-state index contributed by atoms with van der Waals surface area (Å²) in [5, 5.41) is 20.8. The lowest BCUT2D eigenvalue weighted by molar-refractivity contribution is -0.691. The standard InChI is InChI=1S/C26H30FN10O2/c1-3-34-11-20-18(5-7-22(20)31-25(34)37-15-30-32-33-37)24(38)35-8-9-36-12-23(39-14-26(36,29)13-35)17-4-6-21(27)19(10-28)16(17)2/h4,6,11,15,18,23H,3,5,7-9,12-14,29H2,1-2H3/q+1. The lowest BCUT2D eigenvalue weighted by atomic mass is 9.94. The summed E-state index contributed by atoms with van der Waals surface area (Å²) in [6.45, 7) is 6.61. The van der Waals surface area contributed by atoms with Crippen LogP contribution in [0.4, 0.5) is 4.39 Å². The van der Waals surface area contributed by atoms with Gasteiger partial charge in [0.2, 0.25) is 12.2 Å². The topological polar surface area (TPSA) is 143 Å². The molecule has 2 aliphatic heterocycles. The fourth-order valence-corrected chi connectivity index (χ4v) is 6.06. The second-order valence-corrected chi connectivity index (χ2v) is 10.4. The molecule has 2 N–H and O–H groups in total. The van der Waals surface area contributed by atoms with Crippen molar-refractivity contribution in [2.24, 2.45) is 5.73 Å². The number of piperazine rings is 1. The number of nitrogens with two attached hydrogens (primary N) is 1. The van der Waals surface area contributed by atoms with Gasteiger partial charge in [-0.25, -0.2) is 8.96 Å². The van der Waals surface area contributed by atoms with Crippen LogP contribution in [-0.4, -0.2) is 79.3 Å². The zero-order valence-electron chi connectivity index (χ0n) is 21.9. The molecule has 3 aromatic rings. The van der Waals surface area contributed by atoms with Gasteiger partial charge in [-0.3, -0.25) is 9.69 Å². The second-order valence-electron chi connectivity index (χ2n) is 10.4. The Hall–Kier alpha value is -3.86. The van der Waals surface area contributed by atoms with Gasteiger partial charge in [0.15, 0.2) is 0 Å². The average Bonchev–Trinajstić information content (AvgIpc) is 3.62. The van der Waals surface area contributed by atoms with Gasteiger partial charge < -0.3 is 15.4 Å². The molecule has 39 heavy (non-hydrogen) atoms. The third kappa shape index (κ3) is 4.25. The largest absolute Gasteiger partial charge is 0.425 e. The normalized spacial score (nSPS) is 24.7. The lowest BCUT2D eigenvalue weighted by Crippen LogP contribution is -2.72. The first-order valence-electron chi connectivity index (χ1n) is 13.1. The van der Waals surface area contributed by atoms with E-state index in [1.165, 1.54) is 17.1 Å². The number of aryl methyl sites for hydroxylation is 2. The number of hydrogen-bond donors (Lipinski definition) is 1. The highest BCUT2D eigenvalue weighted by molar-refractivity contribution is 5.85. The molecule has 3 atom stereocenters. The molecule has 202 valence electrons. The number of aromatic nitrogens is 6. The quantitative estimate of drug-likeness (QED) is 0.468. The van der Waals surface area contributed by atoms with Gasteiger partial charge in [-0.1, -0.05) is 20.8 Å². The van der Waals surface area contributed by atoms with Crippen LogP contribution in [0, 0.1) is 24.1 Å². The molecule has 6 rings (SSSR count). The van der Waals surface area contributed by atoms with E-state index in [9.17, 15) is 14.4 Å². The van der Waals surface area contributed by atoms with Crippen molar-refractivity contribution < 1.29 is 18.5 Å². The SMILES string of the molecule is CC[n+]1cc2c(nc1-n1cnnn1)CCC2C(=O)N1CCN2CC(c3ccc(F)c(C#N)c3C)OCC2(N)C1. The first kappa shape index (κ1) is 25.4. The predicted octanol–water partition coefficient (Wildman–Crippen LogP) is 0.284. The third-order valence-electron chi connectivity index (χ3n) is 8.24. The van der Waals surface area contributed by atoms with Crippen LogP contribution < -0.4 is 10.3 Å². The molecule has 2 aromatic heterocycles. The number of rotatable bonds is 4. The van der Waals surface area contributed by atoms with E-state index in [2.05, 4.69) is 20.4 Å². The van der Waals surface area contributed by atoms with E-state index in [1.807, 2.05) is 28.7 Å². The molecule has 3 unspecified atom stereocenters. The van der Waals surface area contributed by atoms with Crippen molar-refractivity contribution in [1.82, 2.24) is 35.0 Å². The summed E-state index contributed by atoms with van der Waals surface area (Å²) < 4.78 is 23.7. The van der Waals surface area contributed by atoms with Crippen molar-refractivity contribution in [2.45, 2.75) is 50.9 Å². The van der Waals surface area contributed by atoms with Crippen LogP contribution in [0.25, 0.3) is 5.95 Å². The fraction of sp³-hybridized carbons (Fsp3) is 0.500.